The number of anilines is 1. The Bertz CT molecular complexity index is 1260. The Hall–Kier alpha value is -2.16. The van der Waals surface area contributed by atoms with Crippen LogP contribution in [0.5, 0.6) is 0 Å². The predicted octanol–water partition coefficient (Wildman–Crippen LogP) is 4.18. The van der Waals surface area contributed by atoms with Crippen LogP contribution in [0.2, 0.25) is 0 Å². The van der Waals surface area contributed by atoms with Crippen LogP contribution in [0.15, 0.2) is 57.7 Å². The number of nitrogens with one attached hydrogen (secondary N) is 1. The summed E-state index contributed by atoms with van der Waals surface area (Å²) in [6.07, 6.45) is 0.929. The molecule has 1 aromatic carbocycles. The van der Waals surface area contributed by atoms with Crippen molar-refractivity contribution in [1.29, 1.82) is 0 Å². The van der Waals surface area contributed by atoms with E-state index in [1.807, 2.05) is 30.3 Å². The van der Waals surface area contributed by atoms with Crippen molar-refractivity contribution in [3.63, 3.8) is 0 Å². The van der Waals surface area contributed by atoms with Gasteiger partial charge in [0.1, 0.15) is 0 Å². The average Bonchev–Trinajstić information content (AvgIpc) is 3.56. The molecule has 3 aromatic rings. The summed E-state index contributed by atoms with van der Waals surface area (Å²) in [7, 11) is 0. The fourth-order valence-electron chi connectivity index (χ4n) is 6.64. The third-order valence-corrected chi connectivity index (χ3v) is 11.1. The number of aromatic amines is 1. The lowest BCUT2D eigenvalue weighted by Gasteiger charge is -2.42. The number of thiazole rings is 1. The molecule has 1 N–H and O–H groups in total. The fourth-order valence-corrected chi connectivity index (χ4v) is 10.5. The molecule has 2 bridgehead atoms. The van der Waals surface area contributed by atoms with E-state index in [9.17, 15) is 14.4 Å². The zero-order chi connectivity index (χ0) is 20.9. The van der Waals surface area contributed by atoms with Crippen LogP contribution < -0.4 is 9.77 Å². The Morgan fingerprint density at radius 3 is 2.45 bits per heavy atom. The lowest BCUT2D eigenvalue weighted by molar-refractivity contribution is -0.123. The number of benzene rings is 1. The van der Waals surface area contributed by atoms with Crippen LogP contribution in [0, 0.1) is 29.6 Å². The summed E-state index contributed by atoms with van der Waals surface area (Å²) < 4.78 is 0. The molecule has 0 radical (unpaired) electrons. The summed E-state index contributed by atoms with van der Waals surface area (Å²) >= 11 is 4.77. The maximum absolute atomic E-state index is 13.6. The normalized spacial score (nSPS) is 35.4. The number of carbonyl (C=O) groups excluding carboxylic acids is 2. The topological polar surface area (TPSA) is 70.2 Å². The number of aromatic nitrogens is 1. The van der Waals surface area contributed by atoms with Gasteiger partial charge in [0.25, 0.3) is 0 Å². The Kier molecular flexibility index (Phi) is 3.82. The first-order chi connectivity index (χ1) is 15.1. The Morgan fingerprint density at radius 2 is 1.71 bits per heavy atom. The first-order valence-electron chi connectivity index (χ1n) is 10.5. The second-order valence-electron chi connectivity index (χ2n) is 8.82. The molecule has 2 aromatic heterocycles. The van der Waals surface area contributed by atoms with E-state index in [0.29, 0.717) is 5.69 Å². The highest BCUT2D eigenvalue weighted by Gasteiger charge is 2.69. The summed E-state index contributed by atoms with van der Waals surface area (Å²) in [6.45, 7) is 0. The second kappa shape index (κ2) is 6.43. The van der Waals surface area contributed by atoms with Gasteiger partial charge in [-0.05, 0) is 47.8 Å². The molecule has 7 rings (SSSR count). The van der Waals surface area contributed by atoms with E-state index in [2.05, 4.69) is 22.5 Å². The number of carbonyl (C=O) groups is 2. The number of amides is 2. The van der Waals surface area contributed by atoms with Gasteiger partial charge in [0.15, 0.2) is 0 Å². The van der Waals surface area contributed by atoms with E-state index < -0.39 is 0 Å². The van der Waals surface area contributed by atoms with Crippen LogP contribution in [-0.4, -0.2) is 22.0 Å². The monoisotopic (exact) mass is 466 g/mol. The highest BCUT2D eigenvalue weighted by Crippen LogP contribution is 2.68. The Balaban J connectivity index is 1.34. The van der Waals surface area contributed by atoms with Gasteiger partial charge in [0.05, 0.1) is 22.5 Å². The molecule has 0 spiro atoms. The minimum Gasteiger partial charge on any atom is -0.307 e. The number of nitrogens with zero attached hydrogens (tertiary/aromatic N) is 1. The van der Waals surface area contributed by atoms with E-state index in [1.54, 1.807) is 23.1 Å². The third-order valence-electron chi connectivity index (χ3n) is 7.59. The summed E-state index contributed by atoms with van der Waals surface area (Å²) in [6, 6.07) is 13.5. The molecule has 1 saturated heterocycles. The minimum absolute atomic E-state index is 0.0195. The molecular weight excluding hydrogens is 448 g/mol. The van der Waals surface area contributed by atoms with Crippen molar-refractivity contribution in [2.75, 3.05) is 4.90 Å². The van der Waals surface area contributed by atoms with Crippen molar-refractivity contribution in [2.24, 2.45) is 29.6 Å². The van der Waals surface area contributed by atoms with E-state index in [-0.39, 0.29) is 57.4 Å². The second-order valence-corrected chi connectivity index (χ2v) is 12.0. The van der Waals surface area contributed by atoms with Gasteiger partial charge in [0, 0.05) is 20.9 Å². The van der Waals surface area contributed by atoms with Crippen molar-refractivity contribution in [2.45, 2.75) is 22.6 Å². The molecule has 2 saturated carbocycles. The van der Waals surface area contributed by atoms with Crippen molar-refractivity contribution >= 4 is 51.9 Å². The zero-order valence-corrected chi connectivity index (χ0v) is 18.7. The molecule has 7 atom stereocenters. The highest BCUT2D eigenvalue weighted by molar-refractivity contribution is 8.00. The number of thioether (sulfide) groups is 1. The molecule has 2 aliphatic heterocycles. The van der Waals surface area contributed by atoms with Crippen molar-refractivity contribution < 1.29 is 9.59 Å². The average molecular weight is 467 g/mol. The van der Waals surface area contributed by atoms with Gasteiger partial charge in [-0.3, -0.25) is 19.3 Å². The number of fused-ring (bicyclic) bond motifs is 9. The van der Waals surface area contributed by atoms with Gasteiger partial charge in [-0.15, -0.1) is 23.1 Å². The number of para-hydroxylation sites is 1. The molecule has 3 fully saturated rings. The highest BCUT2D eigenvalue weighted by atomic mass is 32.2. The number of imide groups is 1. The van der Waals surface area contributed by atoms with Gasteiger partial charge in [-0.1, -0.05) is 35.6 Å². The number of rotatable bonds is 2. The van der Waals surface area contributed by atoms with Crippen LogP contribution >= 0.6 is 34.4 Å². The summed E-state index contributed by atoms with van der Waals surface area (Å²) in [5.41, 5.74) is 0.681. The van der Waals surface area contributed by atoms with Crippen LogP contribution in [-0.2, 0) is 9.59 Å². The SMILES string of the molecule is O=C1[C@@H]2[C@@H]3C[C@@H]([C@H]4Sc5[nH]c(=O)sc5[C@@H](c5cccs5)[C@H]34)[C@@H]2C(=O)N1c1ccccc1. The van der Waals surface area contributed by atoms with Crippen LogP contribution in [0.25, 0.3) is 0 Å². The zero-order valence-electron chi connectivity index (χ0n) is 16.3. The van der Waals surface area contributed by atoms with Gasteiger partial charge in [-0.25, -0.2) is 0 Å². The van der Waals surface area contributed by atoms with Gasteiger partial charge in [-0.2, -0.15) is 0 Å². The summed E-state index contributed by atoms with van der Waals surface area (Å²) in [5.74, 6) is 0.224. The molecule has 2 amide bonds. The van der Waals surface area contributed by atoms with Crippen LogP contribution in [0.3, 0.4) is 0 Å². The Morgan fingerprint density at radius 1 is 0.935 bits per heavy atom. The molecule has 4 aliphatic rings. The van der Waals surface area contributed by atoms with Gasteiger partial charge in [0.2, 0.25) is 11.8 Å². The first-order valence-corrected chi connectivity index (χ1v) is 13.1. The van der Waals surface area contributed by atoms with E-state index in [1.165, 1.54) is 21.1 Å². The maximum Gasteiger partial charge on any atom is 0.305 e. The van der Waals surface area contributed by atoms with Crippen molar-refractivity contribution in [1.82, 2.24) is 4.98 Å². The van der Waals surface area contributed by atoms with Gasteiger partial charge < -0.3 is 4.98 Å². The summed E-state index contributed by atoms with van der Waals surface area (Å²) in [4.78, 5) is 46.1. The van der Waals surface area contributed by atoms with Crippen LogP contribution in [0.4, 0.5) is 5.69 Å². The number of thiophene rings is 1. The van der Waals surface area contributed by atoms with Crippen molar-refractivity contribution in [3.8, 4) is 0 Å². The molecule has 5 nitrogen and oxygen atoms in total. The largest absolute Gasteiger partial charge is 0.307 e. The number of H-pyrrole nitrogens is 1. The molecule has 4 heterocycles. The lowest BCUT2D eigenvalue weighted by Crippen LogP contribution is -2.42. The molecule has 156 valence electrons. The number of hydrogen-bond acceptors (Lipinski definition) is 6. The van der Waals surface area contributed by atoms with E-state index >= 15 is 0 Å². The molecule has 0 unspecified atom stereocenters. The lowest BCUT2D eigenvalue weighted by atomic mass is 9.69. The smallest absolute Gasteiger partial charge is 0.305 e. The molecule has 2 aliphatic carbocycles. The Labute approximate surface area is 190 Å². The van der Waals surface area contributed by atoms with Crippen LogP contribution in [0.1, 0.15) is 22.1 Å². The molecule has 31 heavy (non-hydrogen) atoms. The third kappa shape index (κ3) is 2.36. The van der Waals surface area contributed by atoms with E-state index in [4.69, 9.17) is 0 Å². The molecular formula is C23H18N2O3S3. The minimum atomic E-state index is -0.237. The number of hydrogen-bond donors (Lipinski definition) is 1. The fraction of sp³-hybridized carbons (Fsp3) is 0.348. The van der Waals surface area contributed by atoms with E-state index in [0.717, 1.165) is 16.3 Å². The first kappa shape index (κ1) is 18.4. The predicted molar refractivity (Wildman–Crippen MR) is 122 cm³/mol. The maximum atomic E-state index is 13.6. The standard InChI is InChI=1S/C23H18N2O3S3/c26-21-15-11-9-12(16(15)22(27)25(21)10-5-2-1-3-6-10)18-14(11)17(13-7-4-8-29-13)19-20(30-18)24-23(28)31-19/h1-8,11-12,14-18H,9H2,(H,24,28)/t11-,12-,14+,15-,16+,17+,18-/m1/s1. The van der Waals surface area contributed by atoms with Gasteiger partial charge >= 0.3 is 4.87 Å². The van der Waals surface area contributed by atoms with Crippen molar-refractivity contribution in [3.05, 3.63) is 67.3 Å². The summed E-state index contributed by atoms with van der Waals surface area (Å²) in [5, 5.41) is 3.30. The molecule has 8 heteroatoms. The quantitative estimate of drug-likeness (QED) is 0.576.